The van der Waals surface area contributed by atoms with Gasteiger partial charge in [0.15, 0.2) is 0 Å². The summed E-state index contributed by atoms with van der Waals surface area (Å²) in [6, 6.07) is 8.84. The second-order valence-corrected chi connectivity index (χ2v) is 5.78. The number of aryl methyl sites for hydroxylation is 1. The van der Waals surface area contributed by atoms with Gasteiger partial charge in [0.1, 0.15) is 0 Å². The highest BCUT2D eigenvalue weighted by Gasteiger charge is 2.08. The first-order chi connectivity index (χ1) is 8.34. The molecule has 0 radical (unpaired) electrons. The predicted molar refractivity (Wildman–Crippen MR) is 75.8 cm³/mol. The van der Waals surface area contributed by atoms with Gasteiger partial charge >= 0.3 is 0 Å². The summed E-state index contributed by atoms with van der Waals surface area (Å²) in [5, 5.41) is 3.39. The molecule has 0 atom stereocenters. The molecule has 1 aliphatic rings. The predicted octanol–water partition coefficient (Wildman–Crippen LogP) is 2.38. The lowest BCUT2D eigenvalue weighted by molar-refractivity contribution is 0.242. The van der Waals surface area contributed by atoms with E-state index in [1.165, 1.54) is 42.3 Å². The minimum Gasteiger partial charge on any atom is -0.314 e. The molecule has 2 rings (SSSR count). The molecule has 94 valence electrons. The van der Waals surface area contributed by atoms with Gasteiger partial charge in [-0.1, -0.05) is 17.7 Å². The van der Waals surface area contributed by atoms with Gasteiger partial charge in [0.05, 0.1) is 0 Å². The number of hydrogen-bond donors (Lipinski definition) is 1. The number of nitrogens with zero attached hydrogens (tertiary/aromatic N) is 1. The molecular weight excluding hydrogens is 228 g/mol. The van der Waals surface area contributed by atoms with E-state index in [4.69, 9.17) is 0 Å². The number of piperazine rings is 1. The Kier molecular flexibility index (Phi) is 5.36. The quantitative estimate of drug-likeness (QED) is 0.638. The first-order valence-corrected chi connectivity index (χ1v) is 7.46. The molecule has 0 spiro atoms. The van der Waals surface area contributed by atoms with Crippen LogP contribution < -0.4 is 5.32 Å². The zero-order chi connectivity index (χ0) is 11.9. The average Bonchev–Trinajstić information content (AvgIpc) is 2.38. The van der Waals surface area contributed by atoms with E-state index in [0.29, 0.717) is 0 Å². The second-order valence-electron chi connectivity index (χ2n) is 4.61. The van der Waals surface area contributed by atoms with E-state index in [9.17, 15) is 0 Å². The fourth-order valence-corrected chi connectivity index (χ4v) is 2.89. The van der Waals surface area contributed by atoms with Crippen LogP contribution in [0.25, 0.3) is 0 Å². The molecular formula is C14H22N2S. The van der Waals surface area contributed by atoms with Crippen molar-refractivity contribution in [3.63, 3.8) is 0 Å². The van der Waals surface area contributed by atoms with Crippen molar-refractivity contribution >= 4 is 11.8 Å². The third-order valence-corrected chi connectivity index (χ3v) is 4.22. The van der Waals surface area contributed by atoms with Gasteiger partial charge in [0, 0.05) is 31.1 Å². The molecule has 1 aromatic rings. The summed E-state index contributed by atoms with van der Waals surface area (Å²) in [4.78, 5) is 3.96. The summed E-state index contributed by atoms with van der Waals surface area (Å²) in [6.45, 7) is 8.14. The lowest BCUT2D eigenvalue weighted by Crippen LogP contribution is -2.43. The zero-order valence-corrected chi connectivity index (χ0v) is 11.4. The molecule has 1 aromatic carbocycles. The van der Waals surface area contributed by atoms with Gasteiger partial charge in [-0.15, -0.1) is 11.8 Å². The Morgan fingerprint density at radius 3 is 2.59 bits per heavy atom. The van der Waals surface area contributed by atoms with Crippen LogP contribution in [0.2, 0.25) is 0 Å². The monoisotopic (exact) mass is 250 g/mol. The normalized spacial score (nSPS) is 17.2. The standard InChI is InChI=1S/C14H22N2S/c1-13-3-5-14(6-4-13)17-12-2-9-16-10-7-15-8-11-16/h3-6,15H,2,7-12H2,1H3. The highest BCUT2D eigenvalue weighted by molar-refractivity contribution is 7.99. The molecule has 1 saturated heterocycles. The molecule has 0 aliphatic carbocycles. The molecule has 3 heteroatoms. The summed E-state index contributed by atoms with van der Waals surface area (Å²) >= 11 is 1.98. The number of thioether (sulfide) groups is 1. The Hall–Kier alpha value is -0.510. The lowest BCUT2D eigenvalue weighted by Gasteiger charge is -2.26. The van der Waals surface area contributed by atoms with Crippen molar-refractivity contribution in [1.82, 2.24) is 10.2 Å². The number of hydrogen-bond acceptors (Lipinski definition) is 3. The van der Waals surface area contributed by atoms with Crippen LogP contribution in [0.1, 0.15) is 12.0 Å². The van der Waals surface area contributed by atoms with Crippen molar-refractivity contribution in [2.45, 2.75) is 18.2 Å². The van der Waals surface area contributed by atoms with E-state index >= 15 is 0 Å². The van der Waals surface area contributed by atoms with E-state index in [1.807, 2.05) is 11.8 Å². The van der Waals surface area contributed by atoms with Crippen LogP contribution in [0.15, 0.2) is 29.2 Å². The Labute approximate surface area is 109 Å². The molecule has 2 nitrogen and oxygen atoms in total. The average molecular weight is 250 g/mol. The van der Waals surface area contributed by atoms with Crippen LogP contribution in [-0.4, -0.2) is 43.4 Å². The second kappa shape index (κ2) is 7.04. The summed E-state index contributed by atoms with van der Waals surface area (Å²) in [6.07, 6.45) is 1.29. The Bertz CT molecular complexity index is 317. The smallest absolute Gasteiger partial charge is 0.0107 e. The van der Waals surface area contributed by atoms with Gasteiger partial charge in [0.2, 0.25) is 0 Å². The summed E-state index contributed by atoms with van der Waals surface area (Å²) in [7, 11) is 0. The van der Waals surface area contributed by atoms with E-state index in [-0.39, 0.29) is 0 Å². The minimum atomic E-state index is 1.16. The van der Waals surface area contributed by atoms with Crippen LogP contribution >= 0.6 is 11.8 Å². The molecule has 1 heterocycles. The Morgan fingerprint density at radius 2 is 1.88 bits per heavy atom. The molecule has 1 N–H and O–H groups in total. The van der Waals surface area contributed by atoms with Gasteiger partial charge in [-0.25, -0.2) is 0 Å². The molecule has 0 unspecified atom stereocenters. The van der Waals surface area contributed by atoms with Gasteiger partial charge < -0.3 is 10.2 Å². The molecule has 1 fully saturated rings. The molecule has 1 aliphatic heterocycles. The van der Waals surface area contributed by atoms with Crippen molar-refractivity contribution in [2.24, 2.45) is 0 Å². The highest BCUT2D eigenvalue weighted by atomic mass is 32.2. The Balaban J connectivity index is 1.60. The largest absolute Gasteiger partial charge is 0.314 e. The maximum atomic E-state index is 3.39. The first-order valence-electron chi connectivity index (χ1n) is 6.47. The number of rotatable bonds is 5. The molecule has 0 amide bonds. The number of nitrogens with one attached hydrogen (secondary N) is 1. The van der Waals surface area contributed by atoms with Gasteiger partial charge in [-0.3, -0.25) is 0 Å². The molecule has 0 saturated carbocycles. The van der Waals surface area contributed by atoms with Crippen LogP contribution in [0.5, 0.6) is 0 Å². The summed E-state index contributed by atoms with van der Waals surface area (Å²) in [5.41, 5.74) is 1.34. The van der Waals surface area contributed by atoms with Crippen LogP contribution in [-0.2, 0) is 0 Å². The fourth-order valence-electron chi connectivity index (χ4n) is 2.05. The SMILES string of the molecule is Cc1ccc(SCCCN2CCNCC2)cc1. The van der Waals surface area contributed by atoms with Crippen molar-refractivity contribution in [2.75, 3.05) is 38.5 Å². The maximum Gasteiger partial charge on any atom is 0.0107 e. The third-order valence-electron chi connectivity index (χ3n) is 3.12. The number of benzene rings is 1. The van der Waals surface area contributed by atoms with Crippen LogP contribution in [0.3, 0.4) is 0 Å². The molecule has 0 aromatic heterocycles. The maximum absolute atomic E-state index is 3.39. The minimum absolute atomic E-state index is 1.16. The summed E-state index contributed by atoms with van der Waals surface area (Å²) in [5.74, 6) is 1.23. The van der Waals surface area contributed by atoms with E-state index in [1.54, 1.807) is 0 Å². The third kappa shape index (κ3) is 4.70. The fraction of sp³-hybridized carbons (Fsp3) is 0.571. The Morgan fingerprint density at radius 1 is 1.18 bits per heavy atom. The molecule has 0 bridgehead atoms. The highest BCUT2D eigenvalue weighted by Crippen LogP contribution is 2.19. The van der Waals surface area contributed by atoms with E-state index in [0.717, 1.165) is 13.1 Å². The van der Waals surface area contributed by atoms with Gasteiger partial charge in [0.25, 0.3) is 0 Å². The van der Waals surface area contributed by atoms with E-state index < -0.39 is 0 Å². The first kappa shape index (κ1) is 12.9. The topological polar surface area (TPSA) is 15.3 Å². The van der Waals surface area contributed by atoms with Gasteiger partial charge in [-0.2, -0.15) is 0 Å². The van der Waals surface area contributed by atoms with Gasteiger partial charge in [-0.05, 0) is 37.8 Å². The van der Waals surface area contributed by atoms with Crippen molar-refractivity contribution in [1.29, 1.82) is 0 Å². The molecule has 17 heavy (non-hydrogen) atoms. The lowest BCUT2D eigenvalue weighted by atomic mass is 10.2. The summed E-state index contributed by atoms with van der Waals surface area (Å²) < 4.78 is 0. The zero-order valence-electron chi connectivity index (χ0n) is 10.6. The van der Waals surface area contributed by atoms with Crippen molar-refractivity contribution in [3.05, 3.63) is 29.8 Å². The van der Waals surface area contributed by atoms with Crippen LogP contribution in [0.4, 0.5) is 0 Å². The van der Waals surface area contributed by atoms with Crippen molar-refractivity contribution < 1.29 is 0 Å². The van der Waals surface area contributed by atoms with Crippen molar-refractivity contribution in [3.8, 4) is 0 Å². The van der Waals surface area contributed by atoms with Crippen LogP contribution in [0, 0.1) is 6.92 Å². The van der Waals surface area contributed by atoms with E-state index in [2.05, 4.69) is 41.4 Å².